The molecule has 0 spiro atoms. The van der Waals surface area contributed by atoms with E-state index < -0.39 is 0 Å². The van der Waals surface area contributed by atoms with Crippen LogP contribution in [0.25, 0.3) is 0 Å². The molecule has 0 aliphatic carbocycles. The van der Waals surface area contributed by atoms with E-state index in [1.54, 1.807) is 7.11 Å². The van der Waals surface area contributed by atoms with Crippen molar-refractivity contribution in [3.8, 4) is 0 Å². The zero-order chi connectivity index (χ0) is 9.23. The van der Waals surface area contributed by atoms with Gasteiger partial charge in [0, 0.05) is 20.3 Å². The van der Waals surface area contributed by atoms with Crippen LogP contribution in [0.5, 0.6) is 0 Å². The van der Waals surface area contributed by atoms with Crippen molar-refractivity contribution in [1.29, 1.82) is 0 Å². The molecule has 0 aliphatic rings. The lowest BCUT2D eigenvalue weighted by molar-refractivity contribution is 0.0552. The molecular weight excluding hydrogens is 156 g/mol. The van der Waals surface area contributed by atoms with Crippen molar-refractivity contribution in [2.45, 2.75) is 32.3 Å². The third kappa shape index (κ3) is 7.98. The predicted octanol–water partition coefficient (Wildman–Crippen LogP) is 1.20. The van der Waals surface area contributed by atoms with Crippen molar-refractivity contribution in [3.05, 3.63) is 0 Å². The summed E-state index contributed by atoms with van der Waals surface area (Å²) in [4.78, 5) is 0. The van der Waals surface area contributed by atoms with Crippen molar-refractivity contribution in [1.82, 2.24) is 0 Å². The van der Waals surface area contributed by atoms with Gasteiger partial charge in [0.25, 0.3) is 0 Å². The second kappa shape index (κ2) is 8.97. The predicted molar refractivity (Wildman–Crippen MR) is 48.2 cm³/mol. The average Bonchev–Trinajstić information content (AvgIpc) is 2.05. The maximum Gasteiger partial charge on any atom is 0.0773 e. The van der Waals surface area contributed by atoms with Crippen LogP contribution in [0.15, 0.2) is 0 Å². The Labute approximate surface area is 74.7 Å². The molecular formula is C9H20O3. The first-order valence-corrected chi connectivity index (χ1v) is 4.56. The van der Waals surface area contributed by atoms with Gasteiger partial charge in [-0.2, -0.15) is 0 Å². The molecule has 0 rings (SSSR count). The minimum absolute atomic E-state index is 0.309. The minimum atomic E-state index is -0.309. The first-order valence-electron chi connectivity index (χ1n) is 4.56. The van der Waals surface area contributed by atoms with Gasteiger partial charge >= 0.3 is 0 Å². The Morgan fingerprint density at radius 2 is 2.08 bits per heavy atom. The second-order valence-electron chi connectivity index (χ2n) is 2.80. The van der Waals surface area contributed by atoms with Crippen molar-refractivity contribution in [3.63, 3.8) is 0 Å². The maximum absolute atomic E-state index is 9.24. The van der Waals surface area contributed by atoms with E-state index in [1.807, 2.05) is 6.92 Å². The molecule has 0 saturated carbocycles. The zero-order valence-electron chi connectivity index (χ0n) is 8.08. The molecule has 0 aromatic heterocycles. The zero-order valence-corrected chi connectivity index (χ0v) is 8.08. The van der Waals surface area contributed by atoms with Gasteiger partial charge in [0.15, 0.2) is 0 Å². The molecule has 0 saturated heterocycles. The van der Waals surface area contributed by atoms with Crippen molar-refractivity contribution in [2.75, 3.05) is 26.9 Å². The third-order valence-electron chi connectivity index (χ3n) is 1.64. The molecule has 0 bridgehead atoms. The Morgan fingerprint density at radius 1 is 1.33 bits per heavy atom. The SMILES string of the molecule is CCOCCCCC(O)COC. The standard InChI is InChI=1S/C9H20O3/c1-3-12-7-5-4-6-9(10)8-11-2/h9-10H,3-8H2,1-2H3. The molecule has 1 atom stereocenters. The number of hydrogen-bond donors (Lipinski definition) is 1. The van der Waals surface area contributed by atoms with E-state index in [9.17, 15) is 5.11 Å². The molecule has 3 nitrogen and oxygen atoms in total. The number of ether oxygens (including phenoxy) is 2. The molecule has 3 heteroatoms. The van der Waals surface area contributed by atoms with Crippen LogP contribution in [0.3, 0.4) is 0 Å². The molecule has 0 radical (unpaired) electrons. The highest BCUT2D eigenvalue weighted by atomic mass is 16.5. The van der Waals surface area contributed by atoms with Gasteiger partial charge in [-0.25, -0.2) is 0 Å². The minimum Gasteiger partial charge on any atom is -0.391 e. The highest BCUT2D eigenvalue weighted by molar-refractivity contribution is 4.53. The summed E-state index contributed by atoms with van der Waals surface area (Å²) < 4.78 is 9.96. The van der Waals surface area contributed by atoms with Gasteiger partial charge in [-0.15, -0.1) is 0 Å². The number of rotatable bonds is 8. The summed E-state index contributed by atoms with van der Waals surface area (Å²) >= 11 is 0. The highest BCUT2D eigenvalue weighted by Gasteiger charge is 2.01. The smallest absolute Gasteiger partial charge is 0.0773 e. The van der Waals surface area contributed by atoms with Gasteiger partial charge in [-0.1, -0.05) is 0 Å². The molecule has 0 aromatic carbocycles. The Morgan fingerprint density at radius 3 is 2.67 bits per heavy atom. The molecule has 0 fully saturated rings. The van der Waals surface area contributed by atoms with Crippen LogP contribution in [0, 0.1) is 0 Å². The third-order valence-corrected chi connectivity index (χ3v) is 1.64. The van der Waals surface area contributed by atoms with Crippen LogP contribution in [-0.2, 0) is 9.47 Å². The van der Waals surface area contributed by atoms with Gasteiger partial charge in [0.1, 0.15) is 0 Å². The van der Waals surface area contributed by atoms with Gasteiger partial charge in [0.2, 0.25) is 0 Å². The first-order chi connectivity index (χ1) is 5.81. The Kier molecular flexibility index (Phi) is 8.88. The molecule has 0 heterocycles. The lowest BCUT2D eigenvalue weighted by atomic mass is 10.2. The van der Waals surface area contributed by atoms with Crippen LogP contribution in [0.1, 0.15) is 26.2 Å². The Hall–Kier alpha value is -0.120. The second-order valence-corrected chi connectivity index (χ2v) is 2.80. The number of unbranched alkanes of at least 4 members (excludes halogenated alkanes) is 1. The molecule has 1 unspecified atom stereocenters. The largest absolute Gasteiger partial charge is 0.391 e. The van der Waals surface area contributed by atoms with E-state index in [0.29, 0.717) is 6.61 Å². The first kappa shape index (κ1) is 11.9. The molecule has 0 amide bonds. The number of aliphatic hydroxyl groups excluding tert-OH is 1. The Bertz CT molecular complexity index is 85.8. The summed E-state index contributed by atoms with van der Waals surface area (Å²) in [5.74, 6) is 0. The average molecular weight is 176 g/mol. The molecule has 1 N–H and O–H groups in total. The van der Waals surface area contributed by atoms with E-state index in [4.69, 9.17) is 9.47 Å². The summed E-state index contributed by atoms with van der Waals surface area (Å²) in [6, 6.07) is 0. The lowest BCUT2D eigenvalue weighted by Gasteiger charge is -2.08. The topological polar surface area (TPSA) is 38.7 Å². The van der Waals surface area contributed by atoms with E-state index in [-0.39, 0.29) is 6.10 Å². The number of hydrogen-bond acceptors (Lipinski definition) is 3. The van der Waals surface area contributed by atoms with Gasteiger partial charge < -0.3 is 14.6 Å². The fourth-order valence-electron chi connectivity index (χ4n) is 1.00. The van der Waals surface area contributed by atoms with Gasteiger partial charge in [0.05, 0.1) is 12.7 Å². The van der Waals surface area contributed by atoms with Crippen LogP contribution in [0.2, 0.25) is 0 Å². The molecule has 0 aliphatic heterocycles. The van der Waals surface area contributed by atoms with Gasteiger partial charge in [-0.3, -0.25) is 0 Å². The monoisotopic (exact) mass is 176 g/mol. The van der Waals surface area contributed by atoms with Crippen LogP contribution < -0.4 is 0 Å². The molecule has 0 aromatic rings. The lowest BCUT2D eigenvalue weighted by Crippen LogP contribution is -2.13. The highest BCUT2D eigenvalue weighted by Crippen LogP contribution is 2.01. The summed E-state index contributed by atoms with van der Waals surface area (Å²) in [6.07, 6.45) is 2.52. The van der Waals surface area contributed by atoms with E-state index >= 15 is 0 Å². The number of aliphatic hydroxyl groups is 1. The van der Waals surface area contributed by atoms with E-state index in [1.165, 1.54) is 0 Å². The van der Waals surface area contributed by atoms with Crippen molar-refractivity contribution in [2.24, 2.45) is 0 Å². The summed E-state index contributed by atoms with van der Waals surface area (Å²) in [5.41, 5.74) is 0. The molecule has 12 heavy (non-hydrogen) atoms. The fraction of sp³-hybridized carbons (Fsp3) is 1.00. The van der Waals surface area contributed by atoms with Crippen LogP contribution >= 0.6 is 0 Å². The maximum atomic E-state index is 9.24. The van der Waals surface area contributed by atoms with Crippen molar-refractivity contribution < 1.29 is 14.6 Å². The quantitative estimate of drug-likeness (QED) is 0.565. The molecule has 74 valence electrons. The van der Waals surface area contributed by atoms with E-state index in [0.717, 1.165) is 32.5 Å². The number of methoxy groups -OCH3 is 1. The van der Waals surface area contributed by atoms with Crippen molar-refractivity contribution >= 4 is 0 Å². The fourth-order valence-corrected chi connectivity index (χ4v) is 1.00. The Balaban J connectivity index is 2.97. The normalized spacial score (nSPS) is 13.2. The van der Waals surface area contributed by atoms with Gasteiger partial charge in [-0.05, 0) is 26.2 Å². The van der Waals surface area contributed by atoms with E-state index in [2.05, 4.69) is 0 Å². The van der Waals surface area contributed by atoms with Crippen LogP contribution in [0.4, 0.5) is 0 Å². The summed E-state index contributed by atoms with van der Waals surface area (Å²) in [7, 11) is 1.60. The summed E-state index contributed by atoms with van der Waals surface area (Å²) in [6.45, 7) is 4.01. The summed E-state index contributed by atoms with van der Waals surface area (Å²) in [5, 5.41) is 9.24. The van der Waals surface area contributed by atoms with Crippen LogP contribution in [-0.4, -0.2) is 38.1 Å².